The molecule has 2 aromatic carbocycles. The van der Waals surface area contributed by atoms with E-state index in [2.05, 4.69) is 17.4 Å². The van der Waals surface area contributed by atoms with Gasteiger partial charge < -0.3 is 10.1 Å². The highest BCUT2D eigenvalue weighted by molar-refractivity contribution is 6.09. The molecular formula is C24H22N2O3. The van der Waals surface area contributed by atoms with E-state index in [1.807, 2.05) is 56.3 Å². The normalized spacial score (nSPS) is 26.8. The number of rotatable bonds is 3. The Morgan fingerprint density at radius 1 is 1.03 bits per heavy atom. The van der Waals surface area contributed by atoms with Crippen molar-refractivity contribution < 1.29 is 14.3 Å². The molecule has 2 aromatic rings. The van der Waals surface area contributed by atoms with Crippen molar-refractivity contribution in [3.05, 3.63) is 88.7 Å². The fourth-order valence-electron chi connectivity index (χ4n) is 4.57. The minimum atomic E-state index is -0.548. The predicted molar refractivity (Wildman–Crippen MR) is 110 cm³/mol. The van der Waals surface area contributed by atoms with Gasteiger partial charge in [-0.3, -0.25) is 14.5 Å². The second-order valence-electron chi connectivity index (χ2n) is 7.84. The summed E-state index contributed by atoms with van der Waals surface area (Å²) in [4.78, 5) is 27.1. The molecule has 0 bridgehead atoms. The van der Waals surface area contributed by atoms with Crippen molar-refractivity contribution in [2.45, 2.75) is 32.5 Å². The predicted octanol–water partition coefficient (Wildman–Crippen LogP) is 3.64. The first-order valence-electron chi connectivity index (χ1n) is 9.86. The fourth-order valence-corrected chi connectivity index (χ4v) is 4.57. The average molecular weight is 386 g/mol. The van der Waals surface area contributed by atoms with Gasteiger partial charge >= 0.3 is 0 Å². The summed E-state index contributed by atoms with van der Waals surface area (Å²) < 4.78 is 6.11. The molecule has 2 heterocycles. The number of nitrogens with zero attached hydrogens (tertiary/aromatic N) is 1. The van der Waals surface area contributed by atoms with Crippen LogP contribution in [0.5, 0.6) is 0 Å². The van der Waals surface area contributed by atoms with Gasteiger partial charge in [-0.25, -0.2) is 0 Å². The molecule has 1 aliphatic carbocycles. The van der Waals surface area contributed by atoms with Gasteiger partial charge in [-0.1, -0.05) is 42.5 Å². The van der Waals surface area contributed by atoms with Crippen molar-refractivity contribution in [3.8, 4) is 0 Å². The summed E-state index contributed by atoms with van der Waals surface area (Å²) in [6.07, 6.45) is 1.84. The van der Waals surface area contributed by atoms with Crippen LogP contribution in [-0.4, -0.2) is 18.0 Å². The highest BCUT2D eigenvalue weighted by Crippen LogP contribution is 2.44. The number of para-hydroxylation sites is 1. The highest BCUT2D eigenvalue weighted by Gasteiger charge is 2.44. The lowest BCUT2D eigenvalue weighted by atomic mass is 9.97. The third-order valence-corrected chi connectivity index (χ3v) is 6.27. The highest BCUT2D eigenvalue weighted by atomic mass is 16.5. The van der Waals surface area contributed by atoms with Gasteiger partial charge in [-0.15, -0.1) is 0 Å². The summed E-state index contributed by atoms with van der Waals surface area (Å²) in [5.74, 6) is -0.102. The van der Waals surface area contributed by atoms with E-state index in [0.29, 0.717) is 11.1 Å². The Bertz CT molecular complexity index is 1070. The van der Waals surface area contributed by atoms with E-state index in [-0.39, 0.29) is 23.8 Å². The van der Waals surface area contributed by atoms with Crippen LogP contribution < -0.4 is 10.2 Å². The van der Waals surface area contributed by atoms with Crippen LogP contribution in [0.4, 0.5) is 5.69 Å². The Labute approximate surface area is 169 Å². The van der Waals surface area contributed by atoms with Crippen LogP contribution in [0, 0.1) is 5.92 Å². The number of hydrogen-bond acceptors (Lipinski definition) is 3. The van der Waals surface area contributed by atoms with Crippen molar-refractivity contribution in [3.63, 3.8) is 0 Å². The van der Waals surface area contributed by atoms with Crippen molar-refractivity contribution in [2.75, 3.05) is 4.90 Å². The quantitative estimate of drug-likeness (QED) is 0.647. The molecule has 0 saturated carbocycles. The number of fused-ring (bicyclic) bond motifs is 3. The number of ether oxygens (including phenoxy) is 1. The number of carbonyl (C=O) groups excluding carboxylic acids is 2. The molecule has 1 saturated heterocycles. The lowest BCUT2D eigenvalue weighted by molar-refractivity contribution is -0.116. The van der Waals surface area contributed by atoms with Crippen LogP contribution in [0.15, 0.2) is 77.6 Å². The van der Waals surface area contributed by atoms with Gasteiger partial charge in [0.25, 0.3) is 11.8 Å². The van der Waals surface area contributed by atoms with E-state index >= 15 is 0 Å². The summed E-state index contributed by atoms with van der Waals surface area (Å²) in [6.45, 7) is 3.72. The number of nitrogens with one attached hydrogen (secondary N) is 1. The van der Waals surface area contributed by atoms with Crippen molar-refractivity contribution in [2.24, 2.45) is 5.92 Å². The lowest BCUT2D eigenvalue weighted by Crippen LogP contribution is -2.36. The third-order valence-electron chi connectivity index (χ3n) is 6.27. The molecule has 1 fully saturated rings. The van der Waals surface area contributed by atoms with Crippen LogP contribution in [0.3, 0.4) is 0 Å². The molecule has 146 valence electrons. The fraction of sp³-hybridized carbons (Fsp3) is 0.250. The molecule has 1 N–H and O–H groups in total. The SMILES string of the molecule is CC1=C(C)C(O/C=C2/C(=O)NC3c4ccccc4CC23)N(c2ccccc2)C1=O. The first kappa shape index (κ1) is 17.7. The molecule has 3 aliphatic rings. The molecule has 5 nitrogen and oxygen atoms in total. The van der Waals surface area contributed by atoms with E-state index in [1.54, 1.807) is 11.2 Å². The van der Waals surface area contributed by atoms with Crippen LogP contribution in [-0.2, 0) is 20.7 Å². The number of benzene rings is 2. The molecular weight excluding hydrogens is 364 g/mol. The first-order chi connectivity index (χ1) is 14.1. The Hall–Kier alpha value is -3.34. The molecule has 5 heteroatoms. The third kappa shape index (κ3) is 2.69. The zero-order valence-corrected chi connectivity index (χ0v) is 16.4. The van der Waals surface area contributed by atoms with Crippen LogP contribution in [0.25, 0.3) is 0 Å². The van der Waals surface area contributed by atoms with Gasteiger partial charge in [0.2, 0.25) is 6.23 Å². The molecule has 3 unspecified atom stereocenters. The van der Waals surface area contributed by atoms with Gasteiger partial charge in [-0.2, -0.15) is 0 Å². The summed E-state index contributed by atoms with van der Waals surface area (Å²) in [7, 11) is 0. The summed E-state index contributed by atoms with van der Waals surface area (Å²) in [5.41, 5.74) is 5.41. The Balaban J connectivity index is 1.44. The molecule has 3 atom stereocenters. The summed E-state index contributed by atoms with van der Waals surface area (Å²) >= 11 is 0. The lowest BCUT2D eigenvalue weighted by Gasteiger charge is -2.26. The summed E-state index contributed by atoms with van der Waals surface area (Å²) in [5, 5.41) is 3.09. The van der Waals surface area contributed by atoms with Crippen molar-refractivity contribution >= 4 is 17.5 Å². The van der Waals surface area contributed by atoms with Crippen LogP contribution in [0.1, 0.15) is 31.0 Å². The molecule has 0 aromatic heterocycles. The molecule has 0 radical (unpaired) electrons. The number of amides is 2. The van der Waals surface area contributed by atoms with E-state index < -0.39 is 6.23 Å². The Kier molecular flexibility index (Phi) is 4.05. The second-order valence-corrected chi connectivity index (χ2v) is 7.84. The monoisotopic (exact) mass is 386 g/mol. The zero-order chi connectivity index (χ0) is 20.1. The maximum Gasteiger partial charge on any atom is 0.257 e. The van der Waals surface area contributed by atoms with Crippen molar-refractivity contribution in [1.29, 1.82) is 0 Å². The van der Waals surface area contributed by atoms with Gasteiger partial charge in [0.15, 0.2) is 0 Å². The zero-order valence-electron chi connectivity index (χ0n) is 16.4. The van der Waals surface area contributed by atoms with Crippen LogP contribution in [0.2, 0.25) is 0 Å². The Morgan fingerprint density at radius 3 is 2.55 bits per heavy atom. The number of anilines is 1. The summed E-state index contributed by atoms with van der Waals surface area (Å²) in [6, 6.07) is 17.7. The topological polar surface area (TPSA) is 58.6 Å². The molecule has 5 rings (SSSR count). The van der Waals surface area contributed by atoms with E-state index in [4.69, 9.17) is 4.74 Å². The van der Waals surface area contributed by atoms with Crippen molar-refractivity contribution in [1.82, 2.24) is 5.32 Å². The smallest absolute Gasteiger partial charge is 0.257 e. The number of carbonyl (C=O) groups is 2. The van der Waals surface area contributed by atoms with Gasteiger partial charge in [0, 0.05) is 17.2 Å². The average Bonchev–Trinajstić information content (AvgIpc) is 3.31. The van der Waals surface area contributed by atoms with Gasteiger partial charge in [0.05, 0.1) is 17.9 Å². The molecule has 2 amide bonds. The first-order valence-corrected chi connectivity index (χ1v) is 9.86. The van der Waals surface area contributed by atoms with E-state index in [9.17, 15) is 9.59 Å². The van der Waals surface area contributed by atoms with E-state index in [1.165, 1.54) is 11.1 Å². The molecule has 0 spiro atoms. The minimum Gasteiger partial charge on any atom is -0.473 e. The second kappa shape index (κ2) is 6.62. The van der Waals surface area contributed by atoms with Gasteiger partial charge in [-0.05, 0) is 49.1 Å². The Morgan fingerprint density at radius 2 is 1.76 bits per heavy atom. The standard InChI is InChI=1S/C24H22N2O3/c1-14-15(2)24(26(23(14)28)17-9-4-3-5-10-17)29-13-20-19-12-16-8-6-7-11-18(16)21(19)25-22(20)27/h3-11,13,19,21,24H,12H2,1-2H3,(H,25,27)/b20-13+. The number of hydrogen-bond donors (Lipinski definition) is 1. The maximum atomic E-state index is 12.8. The minimum absolute atomic E-state index is 0.00219. The van der Waals surface area contributed by atoms with Crippen LogP contribution >= 0.6 is 0 Å². The maximum absolute atomic E-state index is 12.8. The molecule has 29 heavy (non-hydrogen) atoms. The largest absolute Gasteiger partial charge is 0.473 e. The van der Waals surface area contributed by atoms with Gasteiger partial charge in [0.1, 0.15) is 0 Å². The van der Waals surface area contributed by atoms with E-state index in [0.717, 1.165) is 17.7 Å². The molecule has 2 aliphatic heterocycles.